The maximum absolute atomic E-state index is 9.90. The van der Waals surface area contributed by atoms with Gasteiger partial charge in [0.1, 0.15) is 12.0 Å². The van der Waals surface area contributed by atoms with Gasteiger partial charge in [-0.3, -0.25) is 0 Å². The SMILES string of the molecule is CN(c1nc(CO)co1)C1CCCCC1O. The van der Waals surface area contributed by atoms with Crippen molar-refractivity contribution in [3.8, 4) is 0 Å². The van der Waals surface area contributed by atoms with E-state index in [9.17, 15) is 5.11 Å². The summed E-state index contributed by atoms with van der Waals surface area (Å²) in [5, 5.41) is 18.8. The molecule has 2 unspecified atom stereocenters. The number of hydrogen-bond donors (Lipinski definition) is 2. The molecule has 2 N–H and O–H groups in total. The second-order valence-electron chi connectivity index (χ2n) is 4.31. The van der Waals surface area contributed by atoms with Gasteiger partial charge in [-0.25, -0.2) is 0 Å². The van der Waals surface area contributed by atoms with Crippen LogP contribution in [0.4, 0.5) is 6.01 Å². The molecule has 0 aromatic carbocycles. The van der Waals surface area contributed by atoms with E-state index in [4.69, 9.17) is 9.52 Å². The molecule has 1 aromatic rings. The number of aromatic nitrogens is 1. The summed E-state index contributed by atoms with van der Waals surface area (Å²) in [5.41, 5.74) is 0.521. The molecule has 0 saturated heterocycles. The number of anilines is 1. The molecule has 16 heavy (non-hydrogen) atoms. The number of likely N-dealkylation sites (N-methyl/N-ethyl adjacent to an activating group) is 1. The van der Waals surface area contributed by atoms with Gasteiger partial charge in [-0.15, -0.1) is 0 Å². The average Bonchev–Trinajstić information content (AvgIpc) is 2.77. The molecule has 1 saturated carbocycles. The van der Waals surface area contributed by atoms with Gasteiger partial charge in [0, 0.05) is 7.05 Å². The molecule has 0 spiro atoms. The van der Waals surface area contributed by atoms with Gasteiger partial charge in [0.2, 0.25) is 0 Å². The lowest BCUT2D eigenvalue weighted by atomic mass is 9.92. The van der Waals surface area contributed by atoms with Gasteiger partial charge in [0.15, 0.2) is 0 Å². The van der Waals surface area contributed by atoms with Crippen LogP contribution < -0.4 is 4.90 Å². The summed E-state index contributed by atoms with van der Waals surface area (Å²) in [6.45, 7) is -0.120. The van der Waals surface area contributed by atoms with Crippen LogP contribution in [0, 0.1) is 0 Å². The highest BCUT2D eigenvalue weighted by Gasteiger charge is 2.28. The van der Waals surface area contributed by atoms with E-state index in [1.165, 1.54) is 6.26 Å². The standard InChI is InChI=1S/C11H18N2O3/c1-13(9-4-2-3-5-10(9)15)11-12-8(6-14)7-16-11/h7,9-10,14-15H,2-6H2,1H3. The van der Waals surface area contributed by atoms with Crippen molar-refractivity contribution in [3.63, 3.8) is 0 Å². The first-order valence-electron chi connectivity index (χ1n) is 5.68. The summed E-state index contributed by atoms with van der Waals surface area (Å²) in [6, 6.07) is 0.536. The topological polar surface area (TPSA) is 69.7 Å². The molecule has 1 aliphatic rings. The van der Waals surface area contributed by atoms with Crippen LogP contribution in [0.15, 0.2) is 10.7 Å². The Labute approximate surface area is 94.7 Å². The first-order chi connectivity index (χ1) is 7.72. The molecule has 0 radical (unpaired) electrons. The lowest BCUT2D eigenvalue weighted by Crippen LogP contribution is -2.43. The molecule has 5 nitrogen and oxygen atoms in total. The van der Waals surface area contributed by atoms with Crippen LogP contribution in [0.3, 0.4) is 0 Å². The number of rotatable bonds is 3. The predicted molar refractivity (Wildman–Crippen MR) is 59.1 cm³/mol. The van der Waals surface area contributed by atoms with E-state index < -0.39 is 0 Å². The Morgan fingerprint density at radius 3 is 2.88 bits per heavy atom. The van der Waals surface area contributed by atoms with Crippen molar-refractivity contribution in [1.29, 1.82) is 0 Å². The number of oxazole rings is 1. The molecule has 0 amide bonds. The van der Waals surface area contributed by atoms with Crippen molar-refractivity contribution in [2.45, 2.75) is 44.4 Å². The minimum Gasteiger partial charge on any atom is -0.432 e. The molecule has 1 heterocycles. The Morgan fingerprint density at radius 1 is 1.50 bits per heavy atom. The largest absolute Gasteiger partial charge is 0.432 e. The van der Waals surface area contributed by atoms with Gasteiger partial charge in [-0.1, -0.05) is 12.8 Å². The summed E-state index contributed by atoms with van der Waals surface area (Å²) in [4.78, 5) is 6.00. The smallest absolute Gasteiger partial charge is 0.297 e. The third-order valence-electron chi connectivity index (χ3n) is 3.19. The van der Waals surface area contributed by atoms with Gasteiger partial charge in [-0.2, -0.15) is 4.98 Å². The molecule has 5 heteroatoms. The average molecular weight is 226 g/mol. The fourth-order valence-corrected chi connectivity index (χ4v) is 2.22. The van der Waals surface area contributed by atoms with Gasteiger partial charge in [0.25, 0.3) is 6.01 Å². The number of hydrogen-bond acceptors (Lipinski definition) is 5. The normalized spacial score (nSPS) is 25.7. The molecule has 2 atom stereocenters. The highest BCUT2D eigenvalue weighted by atomic mass is 16.4. The van der Waals surface area contributed by atoms with Crippen LogP contribution in [0.25, 0.3) is 0 Å². The molecule has 90 valence electrons. The first-order valence-corrected chi connectivity index (χ1v) is 5.68. The van der Waals surface area contributed by atoms with Crippen LogP contribution in [0.2, 0.25) is 0 Å². The fourth-order valence-electron chi connectivity index (χ4n) is 2.22. The van der Waals surface area contributed by atoms with Crippen LogP contribution in [0.5, 0.6) is 0 Å². The van der Waals surface area contributed by atoms with Crippen LogP contribution in [-0.4, -0.2) is 34.4 Å². The predicted octanol–water partition coefficient (Wildman–Crippen LogP) is 0.907. The Hall–Kier alpha value is -1.07. The molecule has 1 fully saturated rings. The molecular weight excluding hydrogens is 208 g/mol. The van der Waals surface area contributed by atoms with Crippen molar-refractivity contribution < 1.29 is 14.6 Å². The molecule has 0 aliphatic heterocycles. The highest BCUT2D eigenvalue weighted by molar-refractivity contribution is 5.28. The van der Waals surface area contributed by atoms with E-state index in [-0.39, 0.29) is 18.8 Å². The zero-order valence-electron chi connectivity index (χ0n) is 9.46. The van der Waals surface area contributed by atoms with Crippen molar-refractivity contribution >= 4 is 6.01 Å². The monoisotopic (exact) mass is 226 g/mol. The van der Waals surface area contributed by atoms with E-state index >= 15 is 0 Å². The lowest BCUT2D eigenvalue weighted by Gasteiger charge is -2.34. The zero-order valence-corrected chi connectivity index (χ0v) is 9.46. The molecule has 2 rings (SSSR count). The molecule has 1 aromatic heterocycles. The second-order valence-corrected chi connectivity index (χ2v) is 4.31. The molecule has 1 aliphatic carbocycles. The fraction of sp³-hybridized carbons (Fsp3) is 0.727. The summed E-state index contributed by atoms with van der Waals surface area (Å²) in [6.07, 6.45) is 5.12. The Bertz CT molecular complexity index is 340. The maximum Gasteiger partial charge on any atom is 0.297 e. The summed E-state index contributed by atoms with van der Waals surface area (Å²) >= 11 is 0. The summed E-state index contributed by atoms with van der Waals surface area (Å²) < 4.78 is 5.26. The van der Waals surface area contributed by atoms with Gasteiger partial charge < -0.3 is 19.5 Å². The Kier molecular flexibility index (Phi) is 3.46. The second kappa shape index (κ2) is 4.84. The summed E-state index contributed by atoms with van der Waals surface area (Å²) in [5.74, 6) is 0. The van der Waals surface area contributed by atoms with Crippen LogP contribution in [-0.2, 0) is 6.61 Å². The Morgan fingerprint density at radius 2 is 2.25 bits per heavy atom. The quantitative estimate of drug-likeness (QED) is 0.801. The third kappa shape index (κ3) is 2.20. The van der Waals surface area contributed by atoms with Crippen molar-refractivity contribution in [1.82, 2.24) is 4.98 Å². The van der Waals surface area contributed by atoms with Crippen molar-refractivity contribution in [2.24, 2.45) is 0 Å². The van der Waals surface area contributed by atoms with E-state index in [1.807, 2.05) is 11.9 Å². The van der Waals surface area contributed by atoms with Gasteiger partial charge in [0.05, 0.1) is 18.8 Å². The Balaban J connectivity index is 2.07. The lowest BCUT2D eigenvalue weighted by molar-refractivity contribution is 0.104. The third-order valence-corrected chi connectivity index (χ3v) is 3.19. The van der Waals surface area contributed by atoms with Crippen LogP contribution >= 0.6 is 0 Å². The van der Waals surface area contributed by atoms with Gasteiger partial charge >= 0.3 is 0 Å². The molecule has 0 bridgehead atoms. The van der Waals surface area contributed by atoms with Crippen molar-refractivity contribution in [3.05, 3.63) is 12.0 Å². The van der Waals surface area contributed by atoms with E-state index in [1.54, 1.807) is 0 Å². The zero-order chi connectivity index (χ0) is 11.5. The minimum absolute atomic E-state index is 0.0685. The molecular formula is C11H18N2O3. The number of aliphatic hydroxyl groups is 2. The van der Waals surface area contributed by atoms with Crippen LogP contribution in [0.1, 0.15) is 31.4 Å². The van der Waals surface area contributed by atoms with E-state index in [0.29, 0.717) is 11.7 Å². The number of aliphatic hydroxyl groups excluding tert-OH is 2. The summed E-state index contributed by atoms with van der Waals surface area (Å²) in [7, 11) is 1.87. The maximum atomic E-state index is 9.90. The van der Waals surface area contributed by atoms with Crippen molar-refractivity contribution in [2.75, 3.05) is 11.9 Å². The highest BCUT2D eigenvalue weighted by Crippen LogP contribution is 2.26. The minimum atomic E-state index is -0.316. The number of nitrogens with zero attached hydrogens (tertiary/aromatic N) is 2. The van der Waals surface area contributed by atoms with E-state index in [0.717, 1.165) is 25.7 Å². The first kappa shape index (κ1) is 11.4. The van der Waals surface area contributed by atoms with Gasteiger partial charge in [-0.05, 0) is 12.8 Å². The van der Waals surface area contributed by atoms with E-state index in [2.05, 4.69) is 4.98 Å².